The summed E-state index contributed by atoms with van der Waals surface area (Å²) in [6.45, 7) is 0. The topological polar surface area (TPSA) is 27.7 Å². The molecule has 0 bridgehead atoms. The maximum absolute atomic E-state index is 5.53. The smallest absolute Gasteiger partial charge is 0.203 e. The lowest BCUT2D eigenvalue weighted by atomic mass is 10.1. The van der Waals surface area contributed by atoms with Gasteiger partial charge in [-0.25, -0.2) is 0 Å². The zero-order chi connectivity index (χ0) is 9.26. The van der Waals surface area contributed by atoms with E-state index in [0.717, 1.165) is 23.5 Å². The molecule has 0 N–H and O–H groups in total. The highest BCUT2D eigenvalue weighted by Crippen LogP contribution is 2.37. The summed E-state index contributed by atoms with van der Waals surface area (Å²) in [6.07, 6.45) is 0.634. The number of hydrogen-bond acceptors (Lipinski definition) is 3. The normalized spacial score (nSPS) is 19.4. The molecule has 1 atom stereocenters. The molecule has 3 nitrogen and oxygen atoms in total. The highest BCUT2D eigenvalue weighted by atomic mass is 16.7. The molecule has 2 rings (SSSR count). The van der Waals surface area contributed by atoms with Crippen molar-refractivity contribution in [1.82, 2.24) is 0 Å². The van der Waals surface area contributed by atoms with Crippen LogP contribution in [0.15, 0.2) is 18.2 Å². The molecule has 1 aliphatic heterocycles. The third kappa shape index (κ3) is 1.35. The second-order valence-corrected chi connectivity index (χ2v) is 2.94. The van der Waals surface area contributed by atoms with Crippen LogP contribution in [0.25, 0.3) is 0 Å². The van der Waals surface area contributed by atoms with E-state index in [1.54, 1.807) is 14.2 Å². The van der Waals surface area contributed by atoms with Gasteiger partial charge in [-0.1, -0.05) is 12.1 Å². The highest BCUT2D eigenvalue weighted by Gasteiger charge is 2.25. The third-order valence-corrected chi connectivity index (χ3v) is 2.18. The van der Waals surface area contributed by atoms with Crippen molar-refractivity contribution in [2.75, 3.05) is 14.2 Å². The summed E-state index contributed by atoms with van der Waals surface area (Å²) in [6, 6.07) is 5.87. The quantitative estimate of drug-likeness (QED) is 0.692. The van der Waals surface area contributed by atoms with Crippen LogP contribution >= 0.6 is 0 Å². The van der Waals surface area contributed by atoms with Gasteiger partial charge in [0.25, 0.3) is 0 Å². The number of ether oxygens (including phenoxy) is 3. The van der Waals surface area contributed by atoms with Gasteiger partial charge < -0.3 is 14.2 Å². The lowest BCUT2D eigenvalue weighted by molar-refractivity contribution is -0.0377. The average molecular weight is 180 g/mol. The summed E-state index contributed by atoms with van der Waals surface area (Å²) >= 11 is 0. The van der Waals surface area contributed by atoms with E-state index < -0.39 is 0 Å². The Labute approximate surface area is 77.2 Å². The maximum Gasteiger partial charge on any atom is 0.203 e. The Morgan fingerprint density at radius 2 is 2.23 bits per heavy atom. The van der Waals surface area contributed by atoms with Crippen molar-refractivity contribution in [3.8, 4) is 11.5 Å². The second-order valence-electron chi connectivity index (χ2n) is 2.94. The van der Waals surface area contributed by atoms with Crippen molar-refractivity contribution in [2.45, 2.75) is 12.7 Å². The molecule has 0 radical (unpaired) electrons. The Balaban J connectivity index is 2.33. The van der Waals surface area contributed by atoms with Crippen molar-refractivity contribution < 1.29 is 14.2 Å². The van der Waals surface area contributed by atoms with Crippen LogP contribution in [0, 0.1) is 0 Å². The van der Waals surface area contributed by atoms with E-state index in [2.05, 4.69) is 0 Å². The third-order valence-electron chi connectivity index (χ3n) is 2.18. The van der Waals surface area contributed by atoms with Crippen LogP contribution in [-0.4, -0.2) is 20.5 Å². The fraction of sp³-hybridized carbons (Fsp3) is 0.400. The maximum atomic E-state index is 5.53. The summed E-state index contributed by atoms with van der Waals surface area (Å²) in [4.78, 5) is 0. The predicted octanol–water partition coefficient (Wildman–Crippen LogP) is 1.60. The van der Waals surface area contributed by atoms with Gasteiger partial charge in [-0.2, -0.15) is 0 Å². The van der Waals surface area contributed by atoms with Gasteiger partial charge in [0.1, 0.15) is 0 Å². The van der Waals surface area contributed by atoms with Gasteiger partial charge in [0.05, 0.1) is 7.11 Å². The molecule has 1 aliphatic rings. The van der Waals surface area contributed by atoms with Crippen LogP contribution in [0.2, 0.25) is 0 Å². The molecule has 13 heavy (non-hydrogen) atoms. The molecular formula is C10H12O3. The van der Waals surface area contributed by atoms with Gasteiger partial charge in [-0.15, -0.1) is 0 Å². The van der Waals surface area contributed by atoms with Crippen LogP contribution in [0.4, 0.5) is 0 Å². The Kier molecular flexibility index (Phi) is 2.10. The second kappa shape index (κ2) is 3.26. The molecule has 0 spiro atoms. The first kappa shape index (κ1) is 8.38. The van der Waals surface area contributed by atoms with E-state index in [9.17, 15) is 0 Å². The van der Waals surface area contributed by atoms with Crippen LogP contribution in [-0.2, 0) is 11.2 Å². The molecule has 0 saturated heterocycles. The summed E-state index contributed by atoms with van der Waals surface area (Å²) in [5.41, 5.74) is 1.14. The minimum Gasteiger partial charge on any atom is -0.493 e. The molecule has 0 aromatic heterocycles. The SMILES string of the molecule is COc1cccc2c1OC(OC)C2. The van der Waals surface area contributed by atoms with Gasteiger partial charge in [0.2, 0.25) is 6.29 Å². The van der Waals surface area contributed by atoms with E-state index in [1.165, 1.54) is 0 Å². The van der Waals surface area contributed by atoms with Crippen LogP contribution < -0.4 is 9.47 Å². The van der Waals surface area contributed by atoms with Gasteiger partial charge in [0, 0.05) is 19.1 Å². The number of methoxy groups -OCH3 is 2. The Morgan fingerprint density at radius 1 is 1.38 bits per heavy atom. The molecule has 0 amide bonds. The Bertz CT molecular complexity index is 309. The zero-order valence-electron chi connectivity index (χ0n) is 7.74. The minimum absolute atomic E-state index is 0.161. The first-order valence-corrected chi connectivity index (χ1v) is 4.20. The van der Waals surface area contributed by atoms with Crippen molar-refractivity contribution in [2.24, 2.45) is 0 Å². The van der Waals surface area contributed by atoms with Gasteiger partial charge in [-0.05, 0) is 6.07 Å². The Morgan fingerprint density at radius 3 is 2.92 bits per heavy atom. The molecule has 1 heterocycles. The molecule has 0 saturated carbocycles. The first-order valence-electron chi connectivity index (χ1n) is 4.20. The van der Waals surface area contributed by atoms with Crippen LogP contribution in [0.5, 0.6) is 11.5 Å². The Hall–Kier alpha value is -1.22. The van der Waals surface area contributed by atoms with Gasteiger partial charge in [-0.3, -0.25) is 0 Å². The summed E-state index contributed by atoms with van der Waals surface area (Å²) in [7, 11) is 3.28. The zero-order valence-corrected chi connectivity index (χ0v) is 7.74. The molecule has 0 fully saturated rings. The van der Waals surface area contributed by atoms with E-state index in [-0.39, 0.29) is 6.29 Å². The highest BCUT2D eigenvalue weighted by molar-refractivity contribution is 5.48. The molecule has 70 valence electrons. The number of rotatable bonds is 2. The molecule has 3 heteroatoms. The van der Waals surface area contributed by atoms with Gasteiger partial charge >= 0.3 is 0 Å². The van der Waals surface area contributed by atoms with Crippen molar-refractivity contribution >= 4 is 0 Å². The predicted molar refractivity (Wildman–Crippen MR) is 48.1 cm³/mol. The van der Waals surface area contributed by atoms with Crippen LogP contribution in [0.3, 0.4) is 0 Å². The number of fused-ring (bicyclic) bond motifs is 1. The lowest BCUT2D eigenvalue weighted by Gasteiger charge is -2.09. The van der Waals surface area contributed by atoms with Crippen molar-refractivity contribution in [1.29, 1.82) is 0 Å². The monoisotopic (exact) mass is 180 g/mol. The van der Waals surface area contributed by atoms with Crippen LogP contribution in [0.1, 0.15) is 5.56 Å². The van der Waals surface area contributed by atoms with E-state index in [4.69, 9.17) is 14.2 Å². The molecular weight excluding hydrogens is 168 g/mol. The van der Waals surface area contributed by atoms with Crippen molar-refractivity contribution in [3.05, 3.63) is 23.8 Å². The van der Waals surface area contributed by atoms with E-state index in [0.29, 0.717) is 0 Å². The van der Waals surface area contributed by atoms with Gasteiger partial charge in [0.15, 0.2) is 11.5 Å². The number of benzene rings is 1. The van der Waals surface area contributed by atoms with E-state index >= 15 is 0 Å². The molecule has 1 aromatic rings. The standard InChI is InChI=1S/C10H12O3/c1-11-8-5-3-4-7-6-9(12-2)13-10(7)8/h3-5,9H,6H2,1-2H3. The largest absolute Gasteiger partial charge is 0.493 e. The summed E-state index contributed by atoms with van der Waals surface area (Å²) in [5.74, 6) is 1.59. The van der Waals surface area contributed by atoms with E-state index in [1.807, 2.05) is 18.2 Å². The lowest BCUT2D eigenvalue weighted by Crippen LogP contribution is -2.14. The summed E-state index contributed by atoms with van der Waals surface area (Å²) in [5, 5.41) is 0. The average Bonchev–Trinajstić information content (AvgIpc) is 2.59. The number of hydrogen-bond donors (Lipinski definition) is 0. The minimum atomic E-state index is -0.161. The molecule has 0 aliphatic carbocycles. The summed E-state index contributed by atoms with van der Waals surface area (Å²) < 4.78 is 15.8. The van der Waals surface area contributed by atoms with Crippen molar-refractivity contribution in [3.63, 3.8) is 0 Å². The molecule has 1 unspecified atom stereocenters. The molecule has 1 aromatic carbocycles. The fourth-order valence-electron chi connectivity index (χ4n) is 1.50. The first-order chi connectivity index (χ1) is 6.35. The number of para-hydroxylation sites is 1. The fourth-order valence-corrected chi connectivity index (χ4v) is 1.50.